The van der Waals surface area contributed by atoms with Crippen molar-refractivity contribution in [2.75, 3.05) is 12.0 Å². The standard InChI is InChI=1S/C15H16ClN5/c1-2-17-15-10-14(16)19-21(20-15)18-13-9-5-7-11-6-3-4-8-12(11)13/h3-10,17-18,20H,2H2,1H3. The van der Waals surface area contributed by atoms with Crippen LogP contribution in [0.4, 0.5) is 5.69 Å². The van der Waals surface area contributed by atoms with E-state index in [0.29, 0.717) is 5.17 Å². The largest absolute Gasteiger partial charge is 0.371 e. The number of benzene rings is 2. The average molecular weight is 302 g/mol. The van der Waals surface area contributed by atoms with Crippen molar-refractivity contribution in [1.82, 2.24) is 16.0 Å². The summed E-state index contributed by atoms with van der Waals surface area (Å²) in [4.78, 5) is 0. The fraction of sp³-hybridized carbons (Fsp3) is 0.133. The van der Waals surface area contributed by atoms with E-state index in [2.05, 4.69) is 39.5 Å². The van der Waals surface area contributed by atoms with Crippen LogP contribution in [0.3, 0.4) is 0 Å². The van der Waals surface area contributed by atoms with Gasteiger partial charge in [0.1, 0.15) is 5.82 Å². The molecule has 1 heterocycles. The molecule has 0 aromatic heterocycles. The third-order valence-corrected chi connectivity index (χ3v) is 3.25. The molecule has 0 amide bonds. The van der Waals surface area contributed by atoms with Gasteiger partial charge in [-0.15, -0.1) is 10.3 Å². The summed E-state index contributed by atoms with van der Waals surface area (Å²) in [6.45, 7) is 2.82. The number of allylic oxidation sites excluding steroid dienone is 1. The average Bonchev–Trinajstić information content (AvgIpc) is 2.47. The molecule has 1 aliphatic rings. The van der Waals surface area contributed by atoms with Crippen molar-refractivity contribution < 1.29 is 0 Å². The summed E-state index contributed by atoms with van der Waals surface area (Å²) < 4.78 is 0. The van der Waals surface area contributed by atoms with E-state index in [1.54, 1.807) is 6.08 Å². The first kappa shape index (κ1) is 13.6. The molecule has 0 unspecified atom stereocenters. The van der Waals surface area contributed by atoms with Crippen LogP contribution in [-0.2, 0) is 0 Å². The van der Waals surface area contributed by atoms with Gasteiger partial charge >= 0.3 is 0 Å². The second-order valence-corrected chi connectivity index (χ2v) is 4.96. The van der Waals surface area contributed by atoms with Gasteiger partial charge in [0.25, 0.3) is 0 Å². The van der Waals surface area contributed by atoms with Crippen molar-refractivity contribution in [3.63, 3.8) is 0 Å². The molecule has 0 bridgehead atoms. The maximum Gasteiger partial charge on any atom is 0.156 e. The first-order valence-corrected chi connectivity index (χ1v) is 7.15. The molecule has 0 aliphatic carbocycles. The highest BCUT2D eigenvalue weighted by Gasteiger charge is 2.12. The second-order valence-electron chi connectivity index (χ2n) is 4.57. The number of hydrazine groups is 2. The van der Waals surface area contributed by atoms with Crippen molar-refractivity contribution in [3.8, 4) is 0 Å². The Morgan fingerprint density at radius 1 is 1.19 bits per heavy atom. The van der Waals surface area contributed by atoms with Gasteiger partial charge in [-0.05, 0) is 18.4 Å². The van der Waals surface area contributed by atoms with Crippen LogP contribution in [0.2, 0.25) is 0 Å². The van der Waals surface area contributed by atoms with E-state index >= 15 is 0 Å². The lowest BCUT2D eigenvalue weighted by Gasteiger charge is -2.27. The van der Waals surface area contributed by atoms with Crippen LogP contribution in [0.5, 0.6) is 0 Å². The predicted molar refractivity (Wildman–Crippen MR) is 87.6 cm³/mol. The van der Waals surface area contributed by atoms with Crippen molar-refractivity contribution in [1.29, 1.82) is 0 Å². The molecule has 0 spiro atoms. The van der Waals surface area contributed by atoms with Crippen molar-refractivity contribution >= 4 is 33.2 Å². The lowest BCUT2D eigenvalue weighted by Crippen LogP contribution is -2.44. The number of halogens is 1. The Hall–Kier alpha value is -2.40. The Bertz CT molecular complexity index is 705. The number of fused-ring (bicyclic) bond motifs is 1. The maximum absolute atomic E-state index is 6.04. The molecule has 0 radical (unpaired) electrons. The molecule has 0 atom stereocenters. The zero-order valence-corrected chi connectivity index (χ0v) is 12.4. The highest BCUT2D eigenvalue weighted by atomic mass is 35.5. The van der Waals surface area contributed by atoms with Gasteiger partial charge in [-0.3, -0.25) is 5.43 Å². The molecule has 3 rings (SSSR count). The number of anilines is 1. The zero-order valence-electron chi connectivity index (χ0n) is 11.6. The summed E-state index contributed by atoms with van der Waals surface area (Å²) in [7, 11) is 0. The van der Waals surface area contributed by atoms with Crippen molar-refractivity contribution in [3.05, 3.63) is 54.4 Å². The monoisotopic (exact) mass is 301 g/mol. The SMILES string of the molecule is CCNC1=CC(Cl)=NN(Nc2cccc3ccccc23)N1. The minimum Gasteiger partial charge on any atom is -0.371 e. The normalized spacial score (nSPS) is 14.3. The van der Waals surface area contributed by atoms with E-state index in [4.69, 9.17) is 11.6 Å². The molecule has 0 fully saturated rings. The highest BCUT2D eigenvalue weighted by Crippen LogP contribution is 2.23. The number of nitrogens with zero attached hydrogens (tertiary/aromatic N) is 2. The summed E-state index contributed by atoms with van der Waals surface area (Å²) in [6, 6.07) is 14.2. The van der Waals surface area contributed by atoms with Crippen LogP contribution in [0.1, 0.15) is 6.92 Å². The van der Waals surface area contributed by atoms with E-state index in [0.717, 1.165) is 28.8 Å². The Balaban J connectivity index is 1.85. The third kappa shape index (κ3) is 3.03. The Kier molecular flexibility index (Phi) is 3.83. The molecule has 3 N–H and O–H groups in total. The van der Waals surface area contributed by atoms with E-state index in [1.165, 1.54) is 5.23 Å². The zero-order chi connectivity index (χ0) is 14.7. The molecule has 21 heavy (non-hydrogen) atoms. The fourth-order valence-electron chi connectivity index (χ4n) is 2.19. The van der Waals surface area contributed by atoms with Gasteiger partial charge in [0.15, 0.2) is 5.17 Å². The predicted octanol–water partition coefficient (Wildman–Crippen LogP) is 2.99. The van der Waals surface area contributed by atoms with E-state index in [-0.39, 0.29) is 0 Å². The quantitative estimate of drug-likeness (QED) is 0.812. The van der Waals surface area contributed by atoms with E-state index < -0.39 is 0 Å². The lowest BCUT2D eigenvalue weighted by molar-refractivity contribution is 0.262. The smallest absolute Gasteiger partial charge is 0.156 e. The van der Waals surface area contributed by atoms with Crippen LogP contribution in [0, 0.1) is 0 Å². The summed E-state index contributed by atoms with van der Waals surface area (Å²) >= 11 is 6.04. The summed E-state index contributed by atoms with van der Waals surface area (Å²) in [5.41, 5.74) is 7.26. The molecule has 2 aromatic carbocycles. The van der Waals surface area contributed by atoms with Gasteiger partial charge in [-0.2, -0.15) is 0 Å². The number of rotatable bonds is 4. The number of hydrazone groups is 1. The molecule has 2 aromatic rings. The van der Waals surface area contributed by atoms with Gasteiger partial charge in [0.2, 0.25) is 0 Å². The number of hydrogen-bond donors (Lipinski definition) is 3. The second kappa shape index (κ2) is 5.93. The number of hydrogen-bond acceptors (Lipinski definition) is 5. The Labute approximate surface area is 128 Å². The first-order valence-electron chi connectivity index (χ1n) is 6.77. The van der Waals surface area contributed by atoms with Crippen LogP contribution in [0.15, 0.2) is 59.5 Å². The minimum absolute atomic E-state index is 0.400. The van der Waals surface area contributed by atoms with Gasteiger partial charge < -0.3 is 5.32 Å². The molecule has 108 valence electrons. The molecule has 5 nitrogen and oxygen atoms in total. The third-order valence-electron chi connectivity index (χ3n) is 3.07. The number of nitrogens with one attached hydrogen (secondary N) is 3. The molecular formula is C15H16ClN5. The van der Waals surface area contributed by atoms with Crippen LogP contribution in [0.25, 0.3) is 10.8 Å². The summed E-state index contributed by atoms with van der Waals surface area (Å²) in [6.07, 6.45) is 1.74. The minimum atomic E-state index is 0.400. The topological polar surface area (TPSA) is 51.7 Å². The molecule has 0 saturated carbocycles. The van der Waals surface area contributed by atoms with E-state index in [9.17, 15) is 0 Å². The van der Waals surface area contributed by atoms with Gasteiger partial charge in [0, 0.05) is 18.0 Å². The first-order chi connectivity index (χ1) is 10.3. The molecule has 1 aliphatic heterocycles. The van der Waals surface area contributed by atoms with Crippen LogP contribution >= 0.6 is 11.6 Å². The molecule has 0 saturated heterocycles. The van der Waals surface area contributed by atoms with Crippen LogP contribution < -0.4 is 16.2 Å². The van der Waals surface area contributed by atoms with E-state index in [1.807, 2.05) is 31.2 Å². The summed E-state index contributed by atoms with van der Waals surface area (Å²) in [5.74, 6) is 0.797. The maximum atomic E-state index is 6.04. The molecule has 6 heteroatoms. The molecular weight excluding hydrogens is 286 g/mol. The van der Waals surface area contributed by atoms with Gasteiger partial charge in [-0.1, -0.05) is 48.0 Å². The lowest BCUT2D eigenvalue weighted by atomic mass is 10.1. The Morgan fingerprint density at radius 3 is 2.86 bits per heavy atom. The van der Waals surface area contributed by atoms with Gasteiger partial charge in [0.05, 0.1) is 5.69 Å². The summed E-state index contributed by atoms with van der Waals surface area (Å²) in [5, 5.41) is 11.5. The van der Waals surface area contributed by atoms with Gasteiger partial charge in [-0.25, -0.2) is 5.43 Å². The fourth-order valence-corrected chi connectivity index (χ4v) is 2.37. The van der Waals surface area contributed by atoms with Crippen molar-refractivity contribution in [2.45, 2.75) is 6.92 Å². The Morgan fingerprint density at radius 2 is 2.00 bits per heavy atom. The van der Waals surface area contributed by atoms with Crippen LogP contribution in [-0.4, -0.2) is 16.9 Å². The van der Waals surface area contributed by atoms with Crippen molar-refractivity contribution in [2.24, 2.45) is 5.10 Å². The highest BCUT2D eigenvalue weighted by molar-refractivity contribution is 6.68.